The van der Waals surface area contributed by atoms with Crippen LogP contribution in [0.2, 0.25) is 0 Å². The molecule has 0 spiro atoms. The van der Waals surface area contributed by atoms with Crippen LogP contribution in [-0.2, 0) is 16.1 Å². The molecule has 27 heavy (non-hydrogen) atoms. The Hall–Kier alpha value is -1.63. The molecule has 3 heterocycles. The van der Waals surface area contributed by atoms with E-state index in [1.54, 1.807) is 0 Å². The van der Waals surface area contributed by atoms with E-state index >= 15 is 0 Å². The first-order chi connectivity index (χ1) is 13.1. The van der Waals surface area contributed by atoms with Crippen molar-refractivity contribution >= 4 is 6.09 Å². The Bertz CT molecular complexity index is 618. The van der Waals surface area contributed by atoms with E-state index in [1.807, 2.05) is 35.2 Å². The standard InChI is InChI=1S/C21H30N2O4/c24-20(27-14-16-4-2-1-3-5-16)23-18-6-7-19(23)13-21(25,12-18)9-10-22-17-8-11-26-15-17/h1-5,17-19,22,25H,6-15H2. The predicted molar refractivity (Wildman–Crippen MR) is 101 cm³/mol. The topological polar surface area (TPSA) is 71.0 Å². The van der Waals surface area contributed by atoms with Gasteiger partial charge in [-0.25, -0.2) is 4.79 Å². The number of ether oxygens (including phenoxy) is 2. The zero-order valence-electron chi connectivity index (χ0n) is 15.8. The van der Waals surface area contributed by atoms with Gasteiger partial charge in [-0.05, 0) is 50.6 Å². The van der Waals surface area contributed by atoms with Crippen LogP contribution in [0.15, 0.2) is 30.3 Å². The highest BCUT2D eigenvalue weighted by molar-refractivity contribution is 5.69. The normalized spacial score (nSPS) is 32.6. The van der Waals surface area contributed by atoms with Crippen molar-refractivity contribution in [2.24, 2.45) is 0 Å². The molecule has 6 nitrogen and oxygen atoms in total. The predicted octanol–water partition coefficient (Wildman–Crippen LogP) is 2.45. The van der Waals surface area contributed by atoms with Gasteiger partial charge >= 0.3 is 6.09 Å². The molecule has 3 saturated heterocycles. The van der Waals surface area contributed by atoms with E-state index in [1.165, 1.54) is 0 Å². The molecule has 1 amide bonds. The monoisotopic (exact) mass is 374 g/mol. The van der Waals surface area contributed by atoms with E-state index in [0.29, 0.717) is 25.5 Å². The number of rotatable bonds is 6. The first-order valence-corrected chi connectivity index (χ1v) is 10.2. The third-order valence-corrected chi connectivity index (χ3v) is 6.22. The molecule has 1 aromatic rings. The summed E-state index contributed by atoms with van der Waals surface area (Å²) in [6.07, 6.45) is 4.73. The van der Waals surface area contributed by atoms with Crippen molar-refractivity contribution in [1.82, 2.24) is 10.2 Å². The van der Waals surface area contributed by atoms with Crippen LogP contribution in [0.5, 0.6) is 0 Å². The van der Waals surface area contributed by atoms with Crippen LogP contribution in [0.4, 0.5) is 4.79 Å². The molecule has 3 fully saturated rings. The van der Waals surface area contributed by atoms with Crippen molar-refractivity contribution in [2.45, 2.75) is 68.9 Å². The molecule has 0 saturated carbocycles. The van der Waals surface area contributed by atoms with Gasteiger partial charge in [0, 0.05) is 24.7 Å². The largest absolute Gasteiger partial charge is 0.445 e. The van der Waals surface area contributed by atoms with Crippen LogP contribution in [0, 0.1) is 0 Å². The van der Waals surface area contributed by atoms with E-state index in [-0.39, 0.29) is 18.2 Å². The van der Waals surface area contributed by atoms with Crippen LogP contribution < -0.4 is 5.32 Å². The maximum absolute atomic E-state index is 12.6. The molecule has 3 aliphatic rings. The Morgan fingerprint density at radius 2 is 1.96 bits per heavy atom. The molecule has 0 aliphatic carbocycles. The third-order valence-electron chi connectivity index (χ3n) is 6.22. The van der Waals surface area contributed by atoms with Gasteiger partial charge in [0.05, 0.1) is 12.2 Å². The average Bonchev–Trinajstić information content (AvgIpc) is 3.27. The lowest BCUT2D eigenvalue weighted by molar-refractivity contribution is -0.0538. The Kier molecular flexibility index (Phi) is 5.66. The van der Waals surface area contributed by atoms with Gasteiger partial charge < -0.3 is 24.8 Å². The number of nitrogens with zero attached hydrogens (tertiary/aromatic N) is 1. The van der Waals surface area contributed by atoms with Crippen molar-refractivity contribution in [3.8, 4) is 0 Å². The van der Waals surface area contributed by atoms with Crippen molar-refractivity contribution in [2.75, 3.05) is 19.8 Å². The Morgan fingerprint density at radius 1 is 1.22 bits per heavy atom. The summed E-state index contributed by atoms with van der Waals surface area (Å²) in [6, 6.07) is 10.3. The van der Waals surface area contributed by atoms with Gasteiger partial charge in [0.2, 0.25) is 0 Å². The summed E-state index contributed by atoms with van der Waals surface area (Å²) in [6.45, 7) is 2.69. The van der Waals surface area contributed by atoms with E-state index in [2.05, 4.69) is 5.32 Å². The smallest absolute Gasteiger partial charge is 0.410 e. The zero-order chi connectivity index (χ0) is 18.7. The molecule has 3 atom stereocenters. The second kappa shape index (κ2) is 8.17. The second-order valence-corrected chi connectivity index (χ2v) is 8.23. The van der Waals surface area contributed by atoms with Gasteiger partial charge in [-0.2, -0.15) is 0 Å². The minimum Gasteiger partial charge on any atom is -0.445 e. The van der Waals surface area contributed by atoms with Crippen LogP contribution in [0.25, 0.3) is 0 Å². The highest BCUT2D eigenvalue weighted by atomic mass is 16.6. The lowest BCUT2D eigenvalue weighted by Crippen LogP contribution is -2.54. The van der Waals surface area contributed by atoms with E-state index in [4.69, 9.17) is 9.47 Å². The van der Waals surface area contributed by atoms with Crippen LogP contribution in [0.3, 0.4) is 0 Å². The molecule has 2 bridgehead atoms. The lowest BCUT2D eigenvalue weighted by Gasteiger charge is -2.43. The number of hydrogen-bond donors (Lipinski definition) is 2. The maximum Gasteiger partial charge on any atom is 0.410 e. The molecular weight excluding hydrogens is 344 g/mol. The maximum atomic E-state index is 12.6. The number of hydrogen-bond acceptors (Lipinski definition) is 5. The molecule has 1 aromatic carbocycles. The fraction of sp³-hybridized carbons (Fsp3) is 0.667. The minimum absolute atomic E-state index is 0.0897. The number of fused-ring (bicyclic) bond motifs is 2. The molecule has 0 radical (unpaired) electrons. The number of amides is 1. The summed E-state index contributed by atoms with van der Waals surface area (Å²) in [5, 5.41) is 14.6. The SMILES string of the molecule is O=C(OCc1ccccc1)N1C2CCC1CC(O)(CCNC1CCOC1)C2. The van der Waals surface area contributed by atoms with Gasteiger partial charge in [0.1, 0.15) is 6.61 Å². The number of piperidine rings is 1. The summed E-state index contributed by atoms with van der Waals surface area (Å²) in [4.78, 5) is 14.5. The summed E-state index contributed by atoms with van der Waals surface area (Å²) in [5.74, 6) is 0. The summed E-state index contributed by atoms with van der Waals surface area (Å²) in [7, 11) is 0. The molecule has 148 valence electrons. The number of benzene rings is 1. The first-order valence-electron chi connectivity index (χ1n) is 10.2. The van der Waals surface area contributed by atoms with E-state index in [9.17, 15) is 9.90 Å². The van der Waals surface area contributed by atoms with Crippen LogP contribution in [-0.4, -0.2) is 59.6 Å². The van der Waals surface area contributed by atoms with Crippen LogP contribution >= 0.6 is 0 Å². The Morgan fingerprint density at radius 3 is 2.63 bits per heavy atom. The molecule has 3 aliphatic heterocycles. The van der Waals surface area contributed by atoms with Gasteiger partial charge in [-0.15, -0.1) is 0 Å². The van der Waals surface area contributed by atoms with Gasteiger partial charge in [0.25, 0.3) is 0 Å². The van der Waals surface area contributed by atoms with Gasteiger partial charge in [-0.3, -0.25) is 0 Å². The number of carbonyl (C=O) groups is 1. The fourth-order valence-corrected chi connectivity index (χ4v) is 4.82. The number of aliphatic hydroxyl groups is 1. The fourth-order valence-electron chi connectivity index (χ4n) is 4.82. The first kappa shape index (κ1) is 18.7. The highest BCUT2D eigenvalue weighted by Crippen LogP contribution is 2.42. The highest BCUT2D eigenvalue weighted by Gasteiger charge is 2.49. The molecule has 2 N–H and O–H groups in total. The molecule has 6 heteroatoms. The number of nitrogens with one attached hydrogen (secondary N) is 1. The Labute approximate surface area is 160 Å². The minimum atomic E-state index is -0.686. The van der Waals surface area contributed by atoms with Gasteiger partial charge in [-0.1, -0.05) is 30.3 Å². The van der Waals surface area contributed by atoms with Gasteiger partial charge in [0.15, 0.2) is 0 Å². The molecular formula is C21H30N2O4. The molecule has 3 unspecified atom stereocenters. The summed E-state index contributed by atoms with van der Waals surface area (Å²) >= 11 is 0. The average molecular weight is 374 g/mol. The van der Waals surface area contributed by atoms with E-state index in [0.717, 1.165) is 51.0 Å². The quantitative estimate of drug-likeness (QED) is 0.800. The lowest BCUT2D eigenvalue weighted by atomic mass is 9.83. The molecule has 0 aromatic heterocycles. The Balaban J connectivity index is 1.28. The summed E-state index contributed by atoms with van der Waals surface area (Å²) in [5.41, 5.74) is 0.308. The van der Waals surface area contributed by atoms with Crippen molar-refractivity contribution in [3.05, 3.63) is 35.9 Å². The molecule has 4 rings (SSSR count). The summed E-state index contributed by atoms with van der Waals surface area (Å²) < 4.78 is 10.9. The van der Waals surface area contributed by atoms with Crippen molar-refractivity contribution < 1.29 is 19.4 Å². The second-order valence-electron chi connectivity index (χ2n) is 8.23. The van der Waals surface area contributed by atoms with E-state index < -0.39 is 5.60 Å². The number of carbonyl (C=O) groups excluding carboxylic acids is 1. The third kappa shape index (κ3) is 4.45. The van der Waals surface area contributed by atoms with Crippen molar-refractivity contribution in [1.29, 1.82) is 0 Å². The van der Waals surface area contributed by atoms with Crippen LogP contribution in [0.1, 0.15) is 44.1 Å². The van der Waals surface area contributed by atoms with Crippen molar-refractivity contribution in [3.63, 3.8) is 0 Å². The zero-order valence-corrected chi connectivity index (χ0v) is 15.8.